The number of rotatable bonds is 3. The predicted octanol–water partition coefficient (Wildman–Crippen LogP) is 1.81. The van der Waals surface area contributed by atoms with Crippen LogP contribution in [0.15, 0.2) is 36.7 Å². The summed E-state index contributed by atoms with van der Waals surface area (Å²) in [7, 11) is 0. The summed E-state index contributed by atoms with van der Waals surface area (Å²) in [4.78, 5) is 25.4. The van der Waals surface area contributed by atoms with E-state index in [1.165, 1.54) is 0 Å². The molecule has 6 heteroatoms. The van der Waals surface area contributed by atoms with Crippen molar-refractivity contribution in [1.29, 1.82) is 0 Å². The van der Waals surface area contributed by atoms with Crippen LogP contribution < -0.4 is 5.73 Å². The molecule has 2 aromatic rings. The van der Waals surface area contributed by atoms with Gasteiger partial charge >= 0.3 is 0 Å². The van der Waals surface area contributed by atoms with Crippen molar-refractivity contribution in [2.75, 3.05) is 18.8 Å². The Morgan fingerprint density at radius 1 is 1.45 bits per heavy atom. The van der Waals surface area contributed by atoms with Crippen LogP contribution in [0.5, 0.6) is 0 Å². The lowest BCUT2D eigenvalue weighted by Gasteiger charge is -2.31. The van der Waals surface area contributed by atoms with Gasteiger partial charge in [-0.3, -0.25) is 4.79 Å². The van der Waals surface area contributed by atoms with Gasteiger partial charge < -0.3 is 15.6 Å². The minimum Gasteiger partial charge on any atom is -0.368 e. The van der Waals surface area contributed by atoms with Crippen molar-refractivity contribution in [3.8, 4) is 0 Å². The van der Waals surface area contributed by atoms with Gasteiger partial charge in [-0.25, -0.2) is 9.97 Å². The van der Waals surface area contributed by atoms with Gasteiger partial charge in [-0.2, -0.15) is 0 Å². The van der Waals surface area contributed by atoms with Crippen molar-refractivity contribution >= 4 is 17.9 Å². The summed E-state index contributed by atoms with van der Waals surface area (Å²) in [6.45, 7) is 1.45. The second kappa shape index (κ2) is 6.43. The molecule has 0 aromatic carbocycles. The van der Waals surface area contributed by atoms with E-state index in [0.717, 1.165) is 30.8 Å². The Hall–Kier alpha value is -2.63. The van der Waals surface area contributed by atoms with Crippen LogP contribution in [0, 0.1) is 0 Å². The summed E-state index contributed by atoms with van der Waals surface area (Å²) in [5.74, 6) is 0.538. The Kier molecular flexibility index (Phi) is 4.18. The summed E-state index contributed by atoms with van der Waals surface area (Å²) in [6.07, 6.45) is 8.90. The summed E-state index contributed by atoms with van der Waals surface area (Å²) < 4.78 is 0. The van der Waals surface area contributed by atoms with E-state index in [4.69, 9.17) is 5.73 Å². The number of hydrogen-bond donors (Lipinski definition) is 2. The highest BCUT2D eigenvalue weighted by Crippen LogP contribution is 2.25. The van der Waals surface area contributed by atoms with E-state index in [9.17, 15) is 4.79 Å². The first kappa shape index (κ1) is 14.3. The lowest BCUT2D eigenvalue weighted by molar-refractivity contribution is -0.127. The van der Waals surface area contributed by atoms with Crippen molar-refractivity contribution in [2.45, 2.75) is 18.8 Å². The van der Waals surface area contributed by atoms with Gasteiger partial charge in [0.25, 0.3) is 0 Å². The number of carbonyl (C=O) groups excluding carboxylic acids is 1. The molecule has 1 amide bonds. The van der Waals surface area contributed by atoms with Gasteiger partial charge in [0.05, 0.1) is 5.69 Å². The number of H-pyrrole nitrogens is 1. The largest absolute Gasteiger partial charge is 0.368 e. The number of aromatic amines is 1. The average molecular weight is 297 g/mol. The van der Waals surface area contributed by atoms with Gasteiger partial charge in [0.1, 0.15) is 0 Å². The third-order valence-corrected chi connectivity index (χ3v) is 3.87. The van der Waals surface area contributed by atoms with Crippen LogP contribution in [0.3, 0.4) is 0 Å². The third-order valence-electron chi connectivity index (χ3n) is 3.87. The molecule has 1 saturated heterocycles. The molecule has 0 bridgehead atoms. The molecule has 3 rings (SSSR count). The minimum absolute atomic E-state index is 0.0290. The molecule has 1 fully saturated rings. The Bertz CT molecular complexity index is 665. The lowest BCUT2D eigenvalue weighted by Crippen LogP contribution is -2.38. The predicted molar refractivity (Wildman–Crippen MR) is 84.8 cm³/mol. The molecular weight excluding hydrogens is 278 g/mol. The van der Waals surface area contributed by atoms with Gasteiger partial charge in [0.2, 0.25) is 11.9 Å². The molecule has 0 saturated carbocycles. The molecule has 22 heavy (non-hydrogen) atoms. The highest BCUT2D eigenvalue weighted by atomic mass is 16.2. The monoisotopic (exact) mass is 297 g/mol. The topological polar surface area (TPSA) is 87.9 Å². The molecule has 3 N–H and O–H groups in total. The number of nitrogens with one attached hydrogen (secondary N) is 1. The molecule has 1 aliphatic heterocycles. The summed E-state index contributed by atoms with van der Waals surface area (Å²) in [5.41, 5.74) is 7.48. The van der Waals surface area contributed by atoms with Crippen LogP contribution in [0.1, 0.15) is 30.1 Å². The number of piperidine rings is 1. The molecular formula is C16H19N5O. The first-order valence-electron chi connectivity index (χ1n) is 7.41. The van der Waals surface area contributed by atoms with E-state index in [1.807, 2.05) is 29.3 Å². The normalized spacial score (nSPS) is 18.7. The van der Waals surface area contributed by atoms with Gasteiger partial charge in [-0.15, -0.1) is 0 Å². The minimum atomic E-state index is 0.0290. The quantitative estimate of drug-likeness (QED) is 0.846. The molecule has 1 unspecified atom stereocenters. The number of aromatic nitrogens is 3. The Morgan fingerprint density at radius 3 is 3.14 bits per heavy atom. The van der Waals surface area contributed by atoms with Gasteiger partial charge in [0.15, 0.2) is 0 Å². The van der Waals surface area contributed by atoms with Crippen LogP contribution in [0.4, 0.5) is 5.95 Å². The average Bonchev–Trinajstić information content (AvgIpc) is 3.06. The van der Waals surface area contributed by atoms with Crippen LogP contribution in [-0.4, -0.2) is 38.8 Å². The summed E-state index contributed by atoms with van der Waals surface area (Å²) in [5, 5.41) is 0. The molecule has 0 spiro atoms. The highest BCUT2D eigenvalue weighted by molar-refractivity contribution is 5.91. The molecule has 0 aliphatic carbocycles. The van der Waals surface area contributed by atoms with Gasteiger partial charge in [-0.05, 0) is 37.1 Å². The fourth-order valence-electron chi connectivity index (χ4n) is 2.75. The van der Waals surface area contributed by atoms with Crippen LogP contribution in [-0.2, 0) is 4.79 Å². The SMILES string of the molecule is Nc1nccc(C2CCCN(C(=O)/C=C/c3ccc[nH]3)C2)n1. The number of anilines is 1. The zero-order chi connectivity index (χ0) is 15.4. The third kappa shape index (κ3) is 3.33. The maximum absolute atomic E-state index is 12.3. The van der Waals surface area contributed by atoms with Gasteiger partial charge in [-0.1, -0.05) is 0 Å². The maximum Gasteiger partial charge on any atom is 0.246 e. The molecule has 1 aliphatic rings. The number of nitrogens with two attached hydrogens (primary N) is 1. The van der Waals surface area contributed by atoms with Gasteiger partial charge in [0, 0.05) is 43.2 Å². The second-order valence-electron chi connectivity index (χ2n) is 5.42. The van der Waals surface area contributed by atoms with Crippen molar-refractivity contribution in [2.24, 2.45) is 0 Å². The van der Waals surface area contributed by atoms with E-state index >= 15 is 0 Å². The van der Waals surface area contributed by atoms with Crippen molar-refractivity contribution < 1.29 is 4.79 Å². The van der Waals surface area contributed by atoms with Crippen LogP contribution in [0.2, 0.25) is 0 Å². The zero-order valence-electron chi connectivity index (χ0n) is 12.3. The van der Waals surface area contributed by atoms with E-state index in [2.05, 4.69) is 15.0 Å². The zero-order valence-corrected chi connectivity index (χ0v) is 12.3. The maximum atomic E-state index is 12.3. The molecule has 2 aromatic heterocycles. The number of hydrogen-bond acceptors (Lipinski definition) is 4. The smallest absolute Gasteiger partial charge is 0.246 e. The number of nitrogen functional groups attached to an aromatic ring is 1. The molecule has 1 atom stereocenters. The van der Waals surface area contributed by atoms with Crippen molar-refractivity contribution in [3.05, 3.63) is 48.1 Å². The first-order chi connectivity index (χ1) is 10.7. The number of nitrogens with zero attached hydrogens (tertiary/aromatic N) is 3. The molecule has 0 radical (unpaired) electrons. The van der Waals surface area contributed by atoms with Crippen molar-refractivity contribution in [1.82, 2.24) is 19.9 Å². The Labute approximate surface area is 129 Å². The number of amides is 1. The fourth-order valence-corrected chi connectivity index (χ4v) is 2.75. The van der Waals surface area contributed by atoms with Crippen LogP contribution >= 0.6 is 0 Å². The standard InChI is InChI=1S/C16H19N5O/c17-16-19-9-7-14(20-16)12-3-2-10-21(11-12)15(22)6-5-13-4-1-8-18-13/h1,4-9,12,18H,2-3,10-11H2,(H2,17,19,20)/b6-5+. The van der Waals surface area contributed by atoms with E-state index in [0.29, 0.717) is 6.54 Å². The highest BCUT2D eigenvalue weighted by Gasteiger charge is 2.24. The fraction of sp³-hybridized carbons (Fsp3) is 0.312. The Morgan fingerprint density at radius 2 is 2.36 bits per heavy atom. The Balaban J connectivity index is 1.66. The van der Waals surface area contributed by atoms with E-state index in [-0.39, 0.29) is 17.8 Å². The molecule has 6 nitrogen and oxygen atoms in total. The lowest BCUT2D eigenvalue weighted by atomic mass is 9.94. The van der Waals surface area contributed by atoms with E-state index < -0.39 is 0 Å². The van der Waals surface area contributed by atoms with E-state index in [1.54, 1.807) is 18.3 Å². The second-order valence-corrected chi connectivity index (χ2v) is 5.42. The van der Waals surface area contributed by atoms with Crippen molar-refractivity contribution in [3.63, 3.8) is 0 Å². The molecule has 3 heterocycles. The number of likely N-dealkylation sites (tertiary alicyclic amines) is 1. The first-order valence-corrected chi connectivity index (χ1v) is 7.41. The van der Waals surface area contributed by atoms with Crippen LogP contribution in [0.25, 0.3) is 6.08 Å². The summed E-state index contributed by atoms with van der Waals surface area (Å²) in [6, 6.07) is 5.71. The summed E-state index contributed by atoms with van der Waals surface area (Å²) >= 11 is 0. The number of carbonyl (C=O) groups is 1. The molecule has 114 valence electrons.